The van der Waals surface area contributed by atoms with Gasteiger partial charge < -0.3 is 5.11 Å². The van der Waals surface area contributed by atoms with E-state index >= 15 is 0 Å². The van der Waals surface area contributed by atoms with Crippen LogP contribution in [0.15, 0.2) is 66.2 Å². The maximum Gasteiger partial charge on any atom is 0.301 e. The Morgan fingerprint density at radius 1 is 1.00 bits per heavy atom. The van der Waals surface area contributed by atoms with Crippen LogP contribution in [0, 0.1) is 6.92 Å². The van der Waals surface area contributed by atoms with Gasteiger partial charge in [-0.05, 0) is 12.5 Å². The van der Waals surface area contributed by atoms with Crippen molar-refractivity contribution >= 4 is 33.9 Å². The zero-order chi connectivity index (χ0) is 19.0. The first-order valence-corrected chi connectivity index (χ1v) is 9.11. The highest BCUT2D eigenvalue weighted by molar-refractivity contribution is 7.15. The molecule has 4 rings (SSSR count). The molecule has 6 nitrogen and oxygen atoms in total. The smallest absolute Gasteiger partial charge is 0.301 e. The van der Waals surface area contributed by atoms with Gasteiger partial charge >= 0.3 is 5.91 Å². The van der Waals surface area contributed by atoms with Crippen LogP contribution in [0.25, 0.3) is 5.76 Å². The Morgan fingerprint density at radius 2 is 1.63 bits per heavy atom. The van der Waals surface area contributed by atoms with Gasteiger partial charge in [0.15, 0.2) is 0 Å². The molecule has 0 bridgehead atoms. The number of aliphatic hydroxyl groups excluding tert-OH is 1. The Hall–Kier alpha value is -3.32. The summed E-state index contributed by atoms with van der Waals surface area (Å²) in [5.41, 5.74) is 1.23. The molecule has 1 N–H and O–H groups in total. The van der Waals surface area contributed by atoms with Gasteiger partial charge in [0, 0.05) is 5.56 Å². The summed E-state index contributed by atoms with van der Waals surface area (Å²) in [6.07, 6.45) is 0. The van der Waals surface area contributed by atoms with E-state index in [1.54, 1.807) is 31.2 Å². The Morgan fingerprint density at radius 3 is 2.22 bits per heavy atom. The SMILES string of the molecule is Cc1nnc(N2C(=O)C(=O)C(=C(O)c3ccccc3)[C@@H]2c2ccccc2)s1. The summed E-state index contributed by atoms with van der Waals surface area (Å²) < 4.78 is 0. The van der Waals surface area contributed by atoms with Crippen LogP contribution in [0.2, 0.25) is 0 Å². The number of Topliss-reactive ketones (excluding diaryl/α,β-unsaturated/α-hetero) is 1. The van der Waals surface area contributed by atoms with Crippen LogP contribution < -0.4 is 4.90 Å². The molecule has 3 aromatic rings. The number of rotatable bonds is 3. The maximum atomic E-state index is 12.8. The monoisotopic (exact) mass is 377 g/mol. The van der Waals surface area contributed by atoms with Gasteiger partial charge in [0.2, 0.25) is 5.13 Å². The van der Waals surface area contributed by atoms with E-state index in [1.165, 1.54) is 16.2 Å². The summed E-state index contributed by atoms with van der Waals surface area (Å²) in [7, 11) is 0. The van der Waals surface area contributed by atoms with Gasteiger partial charge in [0.25, 0.3) is 5.78 Å². The molecule has 0 unspecified atom stereocenters. The highest BCUT2D eigenvalue weighted by atomic mass is 32.1. The first-order valence-electron chi connectivity index (χ1n) is 8.29. The molecule has 1 amide bonds. The van der Waals surface area contributed by atoms with Crippen LogP contribution in [-0.2, 0) is 9.59 Å². The minimum atomic E-state index is -0.765. The Kier molecular flexibility index (Phi) is 4.29. The normalized spacial score (nSPS) is 18.9. The number of ketones is 1. The fourth-order valence-electron chi connectivity index (χ4n) is 3.12. The molecule has 0 radical (unpaired) electrons. The summed E-state index contributed by atoms with van der Waals surface area (Å²) in [6.45, 7) is 1.78. The number of aromatic nitrogens is 2. The van der Waals surface area contributed by atoms with E-state index in [-0.39, 0.29) is 11.3 Å². The molecule has 1 aromatic heterocycles. The number of anilines is 1. The van der Waals surface area contributed by atoms with E-state index in [1.807, 2.05) is 36.4 Å². The van der Waals surface area contributed by atoms with Crippen LogP contribution in [0.1, 0.15) is 22.2 Å². The van der Waals surface area contributed by atoms with Gasteiger partial charge in [-0.3, -0.25) is 14.5 Å². The highest BCUT2D eigenvalue weighted by Crippen LogP contribution is 2.42. The second-order valence-corrected chi connectivity index (χ2v) is 7.21. The van der Waals surface area contributed by atoms with E-state index in [9.17, 15) is 14.7 Å². The van der Waals surface area contributed by atoms with Crippen molar-refractivity contribution in [1.29, 1.82) is 0 Å². The molecule has 1 atom stereocenters. The molecule has 134 valence electrons. The van der Waals surface area contributed by atoms with Crippen LogP contribution in [0.4, 0.5) is 5.13 Å². The zero-order valence-electron chi connectivity index (χ0n) is 14.4. The topological polar surface area (TPSA) is 83.4 Å². The molecule has 2 aromatic carbocycles. The third kappa shape index (κ3) is 2.92. The average Bonchev–Trinajstić information content (AvgIpc) is 3.24. The lowest BCUT2D eigenvalue weighted by Crippen LogP contribution is -2.29. The number of nitrogens with zero attached hydrogens (tertiary/aromatic N) is 3. The van der Waals surface area contributed by atoms with E-state index < -0.39 is 17.7 Å². The molecule has 1 aliphatic heterocycles. The maximum absolute atomic E-state index is 12.8. The Bertz CT molecular complexity index is 1040. The molecule has 0 saturated carbocycles. The van der Waals surface area contributed by atoms with Gasteiger partial charge in [-0.1, -0.05) is 72.0 Å². The van der Waals surface area contributed by atoms with E-state index in [0.717, 1.165) is 0 Å². The predicted molar refractivity (Wildman–Crippen MR) is 102 cm³/mol. The standard InChI is InChI=1S/C20H15N3O3S/c1-12-21-22-20(27-12)23-16(13-8-4-2-5-9-13)15(18(25)19(23)26)17(24)14-10-6-3-7-11-14/h2-11,16,24H,1H3/t16-/m0/s1. The average molecular weight is 377 g/mol. The zero-order valence-corrected chi connectivity index (χ0v) is 15.2. The van der Waals surface area contributed by atoms with Crippen molar-refractivity contribution < 1.29 is 14.7 Å². The summed E-state index contributed by atoms with van der Waals surface area (Å²) in [4.78, 5) is 27.0. The largest absolute Gasteiger partial charge is 0.507 e. The van der Waals surface area contributed by atoms with Gasteiger partial charge in [0.05, 0.1) is 11.6 Å². The molecule has 1 saturated heterocycles. The minimum Gasteiger partial charge on any atom is -0.507 e. The van der Waals surface area contributed by atoms with Crippen molar-refractivity contribution in [2.45, 2.75) is 13.0 Å². The fraction of sp³-hybridized carbons (Fsp3) is 0.100. The molecule has 1 fully saturated rings. The van der Waals surface area contributed by atoms with Crippen molar-refractivity contribution in [1.82, 2.24) is 10.2 Å². The van der Waals surface area contributed by atoms with E-state index in [2.05, 4.69) is 10.2 Å². The van der Waals surface area contributed by atoms with E-state index in [4.69, 9.17) is 0 Å². The summed E-state index contributed by atoms with van der Waals surface area (Å²) in [5, 5.41) is 19.9. The van der Waals surface area contributed by atoms with Crippen molar-refractivity contribution in [2.24, 2.45) is 0 Å². The molecule has 0 aliphatic carbocycles. The lowest BCUT2D eigenvalue weighted by atomic mass is 9.95. The molecular weight excluding hydrogens is 362 g/mol. The van der Waals surface area contributed by atoms with Crippen molar-refractivity contribution in [3.8, 4) is 0 Å². The number of hydrogen-bond acceptors (Lipinski definition) is 6. The summed E-state index contributed by atoms with van der Waals surface area (Å²) in [5.74, 6) is -1.66. The van der Waals surface area contributed by atoms with Crippen molar-refractivity contribution in [3.63, 3.8) is 0 Å². The van der Waals surface area contributed by atoms with Gasteiger partial charge in [-0.25, -0.2) is 0 Å². The second kappa shape index (κ2) is 6.77. The number of aliphatic hydroxyl groups is 1. The Balaban J connectivity index is 1.94. The van der Waals surface area contributed by atoms with Crippen LogP contribution >= 0.6 is 11.3 Å². The third-order valence-electron chi connectivity index (χ3n) is 4.33. The molecule has 2 heterocycles. The highest BCUT2D eigenvalue weighted by Gasteiger charge is 2.48. The van der Waals surface area contributed by atoms with Crippen LogP contribution in [-0.4, -0.2) is 27.0 Å². The minimum absolute atomic E-state index is 0.0465. The number of aryl methyl sites for hydroxylation is 1. The van der Waals surface area contributed by atoms with Gasteiger partial charge in [-0.2, -0.15) is 0 Å². The quantitative estimate of drug-likeness (QED) is 0.429. The summed E-state index contributed by atoms with van der Waals surface area (Å²) >= 11 is 1.23. The lowest BCUT2D eigenvalue weighted by molar-refractivity contribution is -0.132. The predicted octanol–water partition coefficient (Wildman–Crippen LogP) is 3.47. The number of carbonyl (C=O) groups excluding carboxylic acids is 2. The van der Waals surface area contributed by atoms with Crippen LogP contribution in [0.3, 0.4) is 0 Å². The number of hydrogen-bond donors (Lipinski definition) is 1. The lowest BCUT2D eigenvalue weighted by Gasteiger charge is -2.22. The molecule has 27 heavy (non-hydrogen) atoms. The van der Waals surface area contributed by atoms with Crippen molar-refractivity contribution in [2.75, 3.05) is 4.90 Å². The number of carbonyl (C=O) groups is 2. The second-order valence-electron chi connectivity index (χ2n) is 6.05. The molecule has 0 spiro atoms. The molecule has 7 heteroatoms. The van der Waals surface area contributed by atoms with Gasteiger partial charge in [0.1, 0.15) is 10.8 Å². The van der Waals surface area contributed by atoms with Gasteiger partial charge in [-0.15, -0.1) is 10.2 Å². The first kappa shape index (κ1) is 17.1. The van der Waals surface area contributed by atoms with E-state index in [0.29, 0.717) is 21.3 Å². The first-order chi connectivity index (χ1) is 13.1. The van der Waals surface area contributed by atoms with Crippen LogP contribution in [0.5, 0.6) is 0 Å². The summed E-state index contributed by atoms with van der Waals surface area (Å²) in [6, 6.07) is 17.1. The fourth-order valence-corrected chi connectivity index (χ4v) is 3.83. The number of amides is 1. The van der Waals surface area contributed by atoms with Crippen molar-refractivity contribution in [3.05, 3.63) is 82.4 Å². The third-order valence-corrected chi connectivity index (χ3v) is 5.17. The molecular formula is C20H15N3O3S. The Labute approximate surface area is 159 Å². The number of benzene rings is 2. The molecule has 1 aliphatic rings.